The number of aromatic nitrogens is 2. The highest BCUT2D eigenvalue weighted by molar-refractivity contribution is 9.10. The number of Topliss-reactive ketones (excluding diaryl/α,β-unsaturated/α-hetero) is 1. The first kappa shape index (κ1) is 11.0. The number of hydrogen-bond acceptors (Lipinski definition) is 2. The monoisotopic (exact) mass is 282 g/mol. The summed E-state index contributed by atoms with van der Waals surface area (Å²) in [7, 11) is 0. The van der Waals surface area contributed by atoms with Crippen LogP contribution in [0.3, 0.4) is 0 Å². The molecule has 0 aliphatic carbocycles. The minimum absolute atomic E-state index is 0.00120. The minimum Gasteiger partial charge on any atom is -0.342 e. The maximum atomic E-state index is 13.4. The summed E-state index contributed by atoms with van der Waals surface area (Å²) in [5.74, 6) is -0.371. The first-order chi connectivity index (χ1) is 7.66. The molecule has 1 heterocycles. The minimum atomic E-state index is -0.386. The van der Waals surface area contributed by atoms with Crippen LogP contribution >= 0.6 is 15.9 Å². The lowest BCUT2D eigenvalue weighted by molar-refractivity contribution is 0.0983. The number of carbonyl (C=O) groups excluding carboxylic acids is 1. The Kier molecular flexibility index (Phi) is 3.14. The van der Waals surface area contributed by atoms with Crippen LogP contribution in [0.25, 0.3) is 0 Å². The highest BCUT2D eigenvalue weighted by Crippen LogP contribution is 2.16. The summed E-state index contributed by atoms with van der Waals surface area (Å²) >= 11 is 3.23. The molecule has 0 amide bonds. The number of H-pyrrole nitrogens is 1. The van der Waals surface area contributed by atoms with Crippen molar-refractivity contribution in [1.29, 1.82) is 0 Å². The third-order valence-electron chi connectivity index (χ3n) is 2.12. The van der Waals surface area contributed by atoms with Crippen molar-refractivity contribution in [2.75, 3.05) is 0 Å². The van der Waals surface area contributed by atoms with Crippen LogP contribution in [0.4, 0.5) is 4.39 Å². The Balaban J connectivity index is 2.21. The van der Waals surface area contributed by atoms with Gasteiger partial charge in [0.1, 0.15) is 5.82 Å². The second kappa shape index (κ2) is 4.57. The van der Waals surface area contributed by atoms with Crippen molar-refractivity contribution in [3.63, 3.8) is 0 Å². The molecule has 0 atom stereocenters. The molecule has 3 nitrogen and oxygen atoms in total. The average Bonchev–Trinajstić information content (AvgIpc) is 2.76. The van der Waals surface area contributed by atoms with Crippen LogP contribution in [0.1, 0.15) is 16.2 Å². The van der Waals surface area contributed by atoms with E-state index >= 15 is 0 Å². The molecule has 0 fully saturated rings. The molecule has 0 unspecified atom stereocenters. The van der Waals surface area contributed by atoms with Gasteiger partial charge in [-0.1, -0.05) is 15.9 Å². The van der Waals surface area contributed by atoms with Gasteiger partial charge in [0.05, 0.1) is 0 Å². The fourth-order valence-corrected chi connectivity index (χ4v) is 1.76. The molecule has 16 heavy (non-hydrogen) atoms. The van der Waals surface area contributed by atoms with Crippen LogP contribution < -0.4 is 0 Å². The molecule has 1 N–H and O–H groups in total. The highest BCUT2D eigenvalue weighted by Gasteiger charge is 2.12. The molecular formula is C11H8BrFN2O. The van der Waals surface area contributed by atoms with Crippen molar-refractivity contribution in [2.45, 2.75) is 6.42 Å². The fraction of sp³-hybridized carbons (Fsp3) is 0.0909. The molecule has 82 valence electrons. The molecule has 2 rings (SSSR count). The Bertz CT molecular complexity index is 511. The first-order valence-corrected chi connectivity index (χ1v) is 5.42. The summed E-state index contributed by atoms with van der Waals surface area (Å²) in [6.07, 6.45) is 3.05. The number of hydrogen-bond donors (Lipinski definition) is 1. The molecule has 0 saturated carbocycles. The van der Waals surface area contributed by atoms with Crippen LogP contribution in [0, 0.1) is 5.82 Å². The predicted octanol–water partition coefficient (Wildman–Crippen LogP) is 2.74. The maximum Gasteiger partial charge on any atom is 0.202 e. The number of ketones is 1. The molecule has 1 aromatic carbocycles. The third kappa shape index (κ3) is 2.36. The van der Waals surface area contributed by atoms with Crippen molar-refractivity contribution >= 4 is 21.7 Å². The molecule has 2 aromatic rings. The first-order valence-electron chi connectivity index (χ1n) is 4.63. The Morgan fingerprint density at radius 1 is 1.50 bits per heavy atom. The molecule has 0 aliphatic heterocycles. The van der Waals surface area contributed by atoms with E-state index in [1.54, 1.807) is 18.3 Å². The van der Waals surface area contributed by atoms with Gasteiger partial charge in [-0.2, -0.15) is 0 Å². The molecule has 0 bridgehead atoms. The summed E-state index contributed by atoms with van der Waals surface area (Å²) in [5.41, 5.74) is 0.357. The fourth-order valence-electron chi connectivity index (χ4n) is 1.35. The van der Waals surface area contributed by atoms with E-state index in [0.717, 1.165) is 4.47 Å². The van der Waals surface area contributed by atoms with Crippen LogP contribution in [-0.2, 0) is 6.42 Å². The zero-order valence-electron chi connectivity index (χ0n) is 8.21. The van der Waals surface area contributed by atoms with Gasteiger partial charge in [0.15, 0.2) is 5.82 Å². The largest absolute Gasteiger partial charge is 0.342 e. The number of carbonyl (C=O) groups is 1. The number of benzene rings is 1. The lowest BCUT2D eigenvalue weighted by Gasteiger charge is -2.01. The smallest absolute Gasteiger partial charge is 0.202 e. The van der Waals surface area contributed by atoms with Crippen LogP contribution in [0.5, 0.6) is 0 Å². The predicted molar refractivity (Wildman–Crippen MR) is 60.7 cm³/mol. The number of aromatic amines is 1. The summed E-state index contributed by atoms with van der Waals surface area (Å²) in [4.78, 5) is 18.2. The quantitative estimate of drug-likeness (QED) is 0.880. The molecule has 0 aliphatic rings. The standard InChI is InChI=1S/C11H8BrFN2O/c12-8-1-2-9(13)7(5-8)6-10(16)11-14-3-4-15-11/h1-5H,6H2,(H,14,15). The van der Waals surface area contributed by atoms with E-state index in [1.807, 2.05) is 0 Å². The van der Waals surface area contributed by atoms with Gasteiger partial charge >= 0.3 is 0 Å². The van der Waals surface area contributed by atoms with E-state index in [-0.39, 0.29) is 23.8 Å². The molecule has 1 aromatic heterocycles. The zero-order chi connectivity index (χ0) is 11.5. The second-order valence-electron chi connectivity index (χ2n) is 3.27. The van der Waals surface area contributed by atoms with E-state index in [1.165, 1.54) is 12.3 Å². The van der Waals surface area contributed by atoms with Gasteiger partial charge in [0.25, 0.3) is 0 Å². The van der Waals surface area contributed by atoms with Crippen molar-refractivity contribution < 1.29 is 9.18 Å². The van der Waals surface area contributed by atoms with Gasteiger partial charge in [0.2, 0.25) is 5.78 Å². The van der Waals surface area contributed by atoms with E-state index < -0.39 is 0 Å². The van der Waals surface area contributed by atoms with Crippen molar-refractivity contribution in [3.8, 4) is 0 Å². The molecular weight excluding hydrogens is 275 g/mol. The van der Waals surface area contributed by atoms with Gasteiger partial charge in [0, 0.05) is 23.3 Å². The highest BCUT2D eigenvalue weighted by atomic mass is 79.9. The molecule has 0 radical (unpaired) electrons. The number of halogens is 2. The Morgan fingerprint density at radius 3 is 3.00 bits per heavy atom. The second-order valence-corrected chi connectivity index (χ2v) is 4.19. The molecule has 0 spiro atoms. The average molecular weight is 283 g/mol. The van der Waals surface area contributed by atoms with Crippen molar-refractivity contribution in [2.24, 2.45) is 0 Å². The van der Waals surface area contributed by atoms with E-state index in [4.69, 9.17) is 0 Å². The van der Waals surface area contributed by atoms with Crippen molar-refractivity contribution in [1.82, 2.24) is 9.97 Å². The summed E-state index contributed by atoms with van der Waals surface area (Å²) in [5, 5.41) is 0. The van der Waals surface area contributed by atoms with Crippen LogP contribution in [0.15, 0.2) is 35.1 Å². The van der Waals surface area contributed by atoms with Crippen LogP contribution in [-0.4, -0.2) is 15.8 Å². The van der Waals surface area contributed by atoms with Gasteiger partial charge in [-0.3, -0.25) is 4.79 Å². The lowest BCUT2D eigenvalue weighted by Crippen LogP contribution is -2.07. The van der Waals surface area contributed by atoms with Gasteiger partial charge in [-0.15, -0.1) is 0 Å². The third-order valence-corrected chi connectivity index (χ3v) is 2.61. The molecule has 0 saturated heterocycles. The number of nitrogens with one attached hydrogen (secondary N) is 1. The SMILES string of the molecule is O=C(Cc1cc(Br)ccc1F)c1ncc[nH]1. The molecule has 5 heteroatoms. The maximum absolute atomic E-state index is 13.4. The lowest BCUT2D eigenvalue weighted by atomic mass is 10.1. The van der Waals surface area contributed by atoms with Crippen molar-refractivity contribution in [3.05, 3.63) is 52.3 Å². The van der Waals surface area contributed by atoms with Gasteiger partial charge in [-0.25, -0.2) is 9.37 Å². The Morgan fingerprint density at radius 2 is 2.31 bits per heavy atom. The summed E-state index contributed by atoms with van der Waals surface area (Å²) in [6, 6.07) is 4.52. The number of rotatable bonds is 3. The number of imidazole rings is 1. The van der Waals surface area contributed by atoms with E-state index in [2.05, 4.69) is 25.9 Å². The van der Waals surface area contributed by atoms with Gasteiger partial charge in [-0.05, 0) is 23.8 Å². The summed E-state index contributed by atoms with van der Waals surface area (Å²) in [6.45, 7) is 0. The number of nitrogens with zero attached hydrogens (tertiary/aromatic N) is 1. The Hall–Kier alpha value is -1.49. The topological polar surface area (TPSA) is 45.8 Å². The summed E-state index contributed by atoms with van der Waals surface area (Å²) < 4.78 is 14.1. The van der Waals surface area contributed by atoms with Gasteiger partial charge < -0.3 is 4.98 Å². The van der Waals surface area contributed by atoms with E-state index in [9.17, 15) is 9.18 Å². The zero-order valence-corrected chi connectivity index (χ0v) is 9.79. The van der Waals surface area contributed by atoms with E-state index in [0.29, 0.717) is 5.56 Å². The van der Waals surface area contributed by atoms with Crippen LogP contribution in [0.2, 0.25) is 0 Å². The Labute approximate surface area is 99.8 Å². The normalized spacial score (nSPS) is 10.4.